The Kier molecular flexibility index (Phi) is 9.03. The smallest absolute Gasteiger partial charge is 0.410 e. The number of benzene rings is 1. The van der Waals surface area contributed by atoms with Crippen LogP contribution in [0.25, 0.3) is 0 Å². The lowest BCUT2D eigenvalue weighted by atomic mass is 9.78. The van der Waals surface area contributed by atoms with Gasteiger partial charge in [-0.05, 0) is 114 Å². The van der Waals surface area contributed by atoms with Gasteiger partial charge in [0.15, 0.2) is 0 Å². The van der Waals surface area contributed by atoms with Crippen molar-refractivity contribution in [3.8, 4) is 0 Å². The summed E-state index contributed by atoms with van der Waals surface area (Å²) in [6, 6.07) is 8.43. The van der Waals surface area contributed by atoms with E-state index in [1.807, 2.05) is 25.7 Å². The van der Waals surface area contributed by atoms with Crippen molar-refractivity contribution in [3.63, 3.8) is 0 Å². The number of likely N-dealkylation sites (tertiary alicyclic amines) is 2. The van der Waals surface area contributed by atoms with Gasteiger partial charge in [0.2, 0.25) is 11.8 Å². The van der Waals surface area contributed by atoms with Gasteiger partial charge in [0.25, 0.3) is 0 Å². The number of rotatable bonds is 5. The molecule has 220 valence electrons. The summed E-state index contributed by atoms with van der Waals surface area (Å²) in [4.78, 5) is 43.1. The van der Waals surface area contributed by atoms with Gasteiger partial charge in [-0.15, -0.1) is 0 Å². The minimum Gasteiger partial charge on any atom is -0.444 e. The first kappa shape index (κ1) is 28.9. The van der Waals surface area contributed by atoms with Crippen LogP contribution >= 0.6 is 0 Å². The van der Waals surface area contributed by atoms with Gasteiger partial charge in [0, 0.05) is 44.8 Å². The van der Waals surface area contributed by atoms with Gasteiger partial charge in [-0.3, -0.25) is 14.9 Å². The van der Waals surface area contributed by atoms with Crippen molar-refractivity contribution in [3.05, 3.63) is 29.8 Å². The zero-order valence-electron chi connectivity index (χ0n) is 24.7. The van der Waals surface area contributed by atoms with Gasteiger partial charge >= 0.3 is 6.09 Å². The zero-order chi connectivity index (χ0) is 28.3. The molecule has 0 bridgehead atoms. The summed E-state index contributed by atoms with van der Waals surface area (Å²) >= 11 is 0. The molecular formula is C32H48N4O4. The van der Waals surface area contributed by atoms with E-state index in [4.69, 9.17) is 4.74 Å². The normalized spacial score (nSPS) is 24.7. The number of amides is 3. The number of hydrogen-bond donors (Lipinski definition) is 1. The van der Waals surface area contributed by atoms with Crippen molar-refractivity contribution >= 4 is 23.6 Å². The second-order valence-electron chi connectivity index (χ2n) is 13.5. The van der Waals surface area contributed by atoms with Crippen molar-refractivity contribution in [2.75, 3.05) is 50.7 Å². The average molecular weight is 553 g/mol. The van der Waals surface area contributed by atoms with Crippen molar-refractivity contribution in [2.45, 2.75) is 83.7 Å². The second kappa shape index (κ2) is 12.5. The molecule has 3 amide bonds. The molecule has 1 aromatic rings. The SMILES string of the molecule is CC(C)(C)OC(=O)N1CCC(CN2CCC(C3CCN(c4ccc(C5CCC(=O)NC5=O)cc4)CC3)CC2)CC1. The van der Waals surface area contributed by atoms with Gasteiger partial charge in [-0.25, -0.2) is 4.79 Å². The van der Waals surface area contributed by atoms with Gasteiger partial charge in [0.1, 0.15) is 5.60 Å². The van der Waals surface area contributed by atoms with E-state index >= 15 is 0 Å². The Balaban J connectivity index is 1.01. The highest BCUT2D eigenvalue weighted by Gasteiger charge is 2.32. The number of ether oxygens (including phenoxy) is 1. The minimum atomic E-state index is -0.431. The first-order chi connectivity index (χ1) is 19.1. The Bertz CT molecular complexity index is 1030. The standard InChI is InChI=1S/C32H48N4O4/c1-32(2,3)40-31(39)36-18-10-23(11-19-36)22-34-16-12-24(13-17-34)25-14-20-35(21-15-25)27-6-4-26(5-7-27)28-8-9-29(37)33-30(28)38/h4-7,23-25,28H,8-22H2,1-3H3,(H,33,37,38). The third kappa shape index (κ3) is 7.36. The van der Waals surface area contributed by atoms with Crippen molar-refractivity contribution < 1.29 is 19.1 Å². The number of hydrogen-bond acceptors (Lipinski definition) is 6. The van der Waals surface area contributed by atoms with E-state index in [-0.39, 0.29) is 23.8 Å². The predicted octanol–water partition coefficient (Wildman–Crippen LogP) is 4.78. The van der Waals surface area contributed by atoms with E-state index in [2.05, 4.69) is 39.4 Å². The summed E-state index contributed by atoms with van der Waals surface area (Å²) in [5, 5.41) is 2.47. The van der Waals surface area contributed by atoms with Crippen LogP contribution in [-0.2, 0) is 14.3 Å². The summed E-state index contributed by atoms with van der Waals surface area (Å²) in [6.45, 7) is 13.2. The number of nitrogens with one attached hydrogen (secondary N) is 1. The molecule has 0 saturated carbocycles. The highest BCUT2D eigenvalue weighted by Crippen LogP contribution is 2.35. The van der Waals surface area contributed by atoms with E-state index in [0.29, 0.717) is 18.8 Å². The predicted molar refractivity (Wildman–Crippen MR) is 156 cm³/mol. The Morgan fingerprint density at radius 3 is 2.02 bits per heavy atom. The van der Waals surface area contributed by atoms with E-state index in [0.717, 1.165) is 56.4 Å². The van der Waals surface area contributed by atoms with Crippen molar-refractivity contribution in [1.82, 2.24) is 15.1 Å². The number of nitrogens with zero attached hydrogens (tertiary/aromatic N) is 3. The van der Waals surface area contributed by atoms with Crippen LogP contribution in [0, 0.1) is 17.8 Å². The molecule has 8 heteroatoms. The largest absolute Gasteiger partial charge is 0.444 e. The molecule has 4 aliphatic rings. The fourth-order valence-corrected chi connectivity index (χ4v) is 7.15. The van der Waals surface area contributed by atoms with Gasteiger partial charge in [0.05, 0.1) is 5.92 Å². The Morgan fingerprint density at radius 2 is 1.45 bits per heavy atom. The van der Waals surface area contributed by atoms with E-state index in [1.165, 1.54) is 51.0 Å². The maximum Gasteiger partial charge on any atom is 0.410 e. The number of carbonyl (C=O) groups excluding carboxylic acids is 3. The van der Waals surface area contributed by atoms with Crippen LogP contribution in [0.1, 0.15) is 83.6 Å². The number of anilines is 1. The van der Waals surface area contributed by atoms with Gasteiger partial charge < -0.3 is 19.4 Å². The topological polar surface area (TPSA) is 82.2 Å². The van der Waals surface area contributed by atoms with Crippen LogP contribution in [0.15, 0.2) is 24.3 Å². The first-order valence-electron chi connectivity index (χ1n) is 15.5. The molecule has 1 N–H and O–H groups in total. The molecule has 4 aliphatic heterocycles. The highest BCUT2D eigenvalue weighted by atomic mass is 16.6. The summed E-state index contributed by atoms with van der Waals surface area (Å²) in [7, 11) is 0. The lowest BCUT2D eigenvalue weighted by Gasteiger charge is -2.42. The number of carbonyl (C=O) groups is 3. The molecule has 0 spiro atoms. The molecule has 1 unspecified atom stereocenters. The van der Waals surface area contributed by atoms with Crippen LogP contribution < -0.4 is 10.2 Å². The van der Waals surface area contributed by atoms with Crippen LogP contribution in [0.4, 0.5) is 10.5 Å². The van der Waals surface area contributed by atoms with Crippen LogP contribution in [0.5, 0.6) is 0 Å². The Morgan fingerprint density at radius 1 is 0.850 bits per heavy atom. The molecule has 5 rings (SSSR count). The van der Waals surface area contributed by atoms with E-state index < -0.39 is 5.60 Å². The van der Waals surface area contributed by atoms with Crippen molar-refractivity contribution in [2.24, 2.45) is 17.8 Å². The molecule has 8 nitrogen and oxygen atoms in total. The molecule has 4 heterocycles. The molecule has 1 atom stereocenters. The first-order valence-corrected chi connectivity index (χ1v) is 15.5. The fourth-order valence-electron chi connectivity index (χ4n) is 7.15. The Hall–Kier alpha value is -2.61. The molecule has 0 aromatic heterocycles. The maximum absolute atomic E-state index is 12.4. The highest BCUT2D eigenvalue weighted by molar-refractivity contribution is 6.00. The summed E-state index contributed by atoms with van der Waals surface area (Å²) in [5.41, 5.74) is 1.81. The quantitative estimate of drug-likeness (QED) is 0.530. The van der Waals surface area contributed by atoms with Crippen LogP contribution in [0.3, 0.4) is 0 Å². The molecule has 4 fully saturated rings. The van der Waals surface area contributed by atoms with Crippen LogP contribution in [0.2, 0.25) is 0 Å². The maximum atomic E-state index is 12.4. The summed E-state index contributed by atoms with van der Waals surface area (Å²) in [5.74, 6) is 1.79. The zero-order valence-corrected chi connectivity index (χ0v) is 24.7. The Labute approximate surface area is 239 Å². The molecule has 40 heavy (non-hydrogen) atoms. The van der Waals surface area contributed by atoms with Gasteiger partial charge in [-0.2, -0.15) is 0 Å². The molecular weight excluding hydrogens is 504 g/mol. The average Bonchev–Trinajstić information content (AvgIpc) is 2.93. The lowest BCUT2D eigenvalue weighted by molar-refractivity contribution is -0.134. The lowest BCUT2D eigenvalue weighted by Crippen LogP contribution is -2.45. The number of piperidine rings is 4. The van der Waals surface area contributed by atoms with E-state index in [9.17, 15) is 14.4 Å². The number of imide groups is 1. The molecule has 4 saturated heterocycles. The van der Waals surface area contributed by atoms with Crippen molar-refractivity contribution in [1.29, 1.82) is 0 Å². The minimum absolute atomic E-state index is 0.163. The fraction of sp³-hybridized carbons (Fsp3) is 0.719. The molecule has 0 aliphatic carbocycles. The molecule has 1 aromatic carbocycles. The monoisotopic (exact) mass is 552 g/mol. The molecule has 0 radical (unpaired) electrons. The second-order valence-corrected chi connectivity index (χ2v) is 13.5. The summed E-state index contributed by atoms with van der Waals surface area (Å²) in [6.07, 6.45) is 8.12. The third-order valence-electron chi connectivity index (χ3n) is 9.52. The van der Waals surface area contributed by atoms with Gasteiger partial charge in [-0.1, -0.05) is 12.1 Å². The third-order valence-corrected chi connectivity index (χ3v) is 9.52. The van der Waals surface area contributed by atoms with E-state index in [1.54, 1.807) is 0 Å². The summed E-state index contributed by atoms with van der Waals surface area (Å²) < 4.78 is 5.55. The van der Waals surface area contributed by atoms with Crippen LogP contribution in [-0.4, -0.2) is 79.1 Å².